The number of benzene rings is 2. The van der Waals surface area contributed by atoms with Crippen molar-refractivity contribution in [2.45, 2.75) is 13.0 Å². The van der Waals surface area contributed by atoms with E-state index in [0.29, 0.717) is 41.6 Å². The van der Waals surface area contributed by atoms with Crippen LogP contribution in [0.3, 0.4) is 0 Å². The smallest absolute Gasteiger partial charge is 0.322 e. The molecule has 8 nitrogen and oxygen atoms in total. The Morgan fingerprint density at radius 2 is 1.84 bits per heavy atom. The fourth-order valence-corrected chi connectivity index (χ4v) is 3.61. The monoisotopic (exact) mass is 438 g/mol. The molecule has 1 aliphatic rings. The van der Waals surface area contributed by atoms with Crippen LogP contribution in [0.4, 0.5) is 9.18 Å². The summed E-state index contributed by atoms with van der Waals surface area (Å²) in [6.45, 7) is 2.57. The Kier molecular flexibility index (Phi) is 6.18. The Morgan fingerprint density at radius 1 is 1.12 bits per heavy atom. The summed E-state index contributed by atoms with van der Waals surface area (Å²) in [6, 6.07) is 12.5. The molecule has 3 aromatic rings. The highest BCUT2D eigenvalue weighted by molar-refractivity contribution is 5.86. The third-order valence-electron chi connectivity index (χ3n) is 5.32. The van der Waals surface area contributed by atoms with Crippen LogP contribution in [0, 0.1) is 5.82 Å². The minimum absolute atomic E-state index is 0.248. The van der Waals surface area contributed by atoms with Gasteiger partial charge in [0.1, 0.15) is 11.6 Å². The number of hydrogen-bond acceptors (Lipinski definition) is 6. The van der Waals surface area contributed by atoms with Crippen LogP contribution in [0.25, 0.3) is 17.0 Å². The minimum Gasteiger partial charge on any atom is -0.497 e. The first-order chi connectivity index (χ1) is 15.5. The standard InChI is InChI=1S/C23H23FN4O4/c1-14-19(22-26-21(27-32-22)16-4-8-17(24)9-5-16)20(15-6-10-18(31-3)11-7-15)25-23(29)28(14)12-13-30-2/h4-11,20H,12-13H2,1-3H3,(H,25,29). The second-order valence-electron chi connectivity index (χ2n) is 7.23. The van der Waals surface area contributed by atoms with E-state index < -0.39 is 6.04 Å². The molecule has 1 N–H and O–H groups in total. The van der Waals surface area contributed by atoms with Crippen molar-refractivity contribution in [3.05, 3.63) is 71.5 Å². The summed E-state index contributed by atoms with van der Waals surface area (Å²) in [7, 11) is 3.17. The van der Waals surface area contributed by atoms with Gasteiger partial charge in [0.2, 0.25) is 5.82 Å². The number of nitrogens with zero attached hydrogens (tertiary/aromatic N) is 3. The normalized spacial score (nSPS) is 16.3. The molecule has 2 heterocycles. The summed E-state index contributed by atoms with van der Waals surface area (Å²) in [5.41, 5.74) is 2.81. The molecule has 2 aromatic carbocycles. The van der Waals surface area contributed by atoms with Crippen LogP contribution in [-0.4, -0.2) is 48.4 Å². The summed E-state index contributed by atoms with van der Waals surface area (Å²) in [5.74, 6) is 0.954. The molecule has 0 radical (unpaired) electrons. The van der Waals surface area contributed by atoms with Gasteiger partial charge in [0.05, 0.1) is 31.9 Å². The third-order valence-corrected chi connectivity index (χ3v) is 5.32. The summed E-state index contributed by atoms with van der Waals surface area (Å²) in [5, 5.41) is 7.09. The second kappa shape index (κ2) is 9.19. The van der Waals surface area contributed by atoms with Crippen molar-refractivity contribution in [2.75, 3.05) is 27.4 Å². The predicted molar refractivity (Wildman–Crippen MR) is 115 cm³/mol. The van der Waals surface area contributed by atoms with E-state index in [1.807, 2.05) is 31.2 Å². The predicted octanol–water partition coefficient (Wildman–Crippen LogP) is 4.03. The van der Waals surface area contributed by atoms with Gasteiger partial charge >= 0.3 is 6.03 Å². The van der Waals surface area contributed by atoms with Crippen LogP contribution in [-0.2, 0) is 4.74 Å². The molecule has 1 aromatic heterocycles. The Balaban J connectivity index is 1.77. The zero-order valence-corrected chi connectivity index (χ0v) is 18.0. The fraction of sp³-hybridized carbons (Fsp3) is 0.261. The highest BCUT2D eigenvalue weighted by Crippen LogP contribution is 2.37. The summed E-state index contributed by atoms with van der Waals surface area (Å²) >= 11 is 0. The number of urea groups is 1. The number of nitrogens with one attached hydrogen (secondary N) is 1. The number of rotatable bonds is 7. The lowest BCUT2D eigenvalue weighted by molar-refractivity contribution is 0.158. The Labute approximate surface area is 184 Å². The van der Waals surface area contributed by atoms with E-state index in [0.717, 1.165) is 5.56 Å². The van der Waals surface area contributed by atoms with Crippen molar-refractivity contribution in [1.82, 2.24) is 20.4 Å². The molecule has 9 heteroatoms. The molecule has 1 aliphatic heterocycles. The average molecular weight is 438 g/mol. The van der Waals surface area contributed by atoms with Crippen LogP contribution in [0.1, 0.15) is 24.4 Å². The number of methoxy groups -OCH3 is 2. The molecule has 1 atom stereocenters. The van der Waals surface area contributed by atoms with Crippen LogP contribution in [0.15, 0.2) is 58.8 Å². The third kappa shape index (κ3) is 4.19. The molecular formula is C23H23FN4O4. The zero-order valence-electron chi connectivity index (χ0n) is 18.0. The molecular weight excluding hydrogens is 415 g/mol. The van der Waals surface area contributed by atoms with E-state index >= 15 is 0 Å². The highest BCUT2D eigenvalue weighted by atomic mass is 19.1. The van der Waals surface area contributed by atoms with Gasteiger partial charge in [-0.1, -0.05) is 17.3 Å². The van der Waals surface area contributed by atoms with Crippen LogP contribution in [0.5, 0.6) is 5.75 Å². The van der Waals surface area contributed by atoms with Gasteiger partial charge < -0.3 is 19.3 Å². The van der Waals surface area contributed by atoms with E-state index in [1.165, 1.54) is 12.1 Å². The Morgan fingerprint density at radius 3 is 2.50 bits per heavy atom. The Bertz CT molecular complexity index is 1130. The van der Waals surface area contributed by atoms with Crippen molar-refractivity contribution in [2.24, 2.45) is 0 Å². The Hall–Kier alpha value is -3.72. The van der Waals surface area contributed by atoms with Crippen molar-refractivity contribution < 1.29 is 23.2 Å². The number of hydrogen-bond donors (Lipinski definition) is 1. The number of halogens is 1. The quantitative estimate of drug-likeness (QED) is 0.599. The molecule has 32 heavy (non-hydrogen) atoms. The van der Waals surface area contributed by atoms with Crippen molar-refractivity contribution >= 4 is 11.6 Å². The van der Waals surface area contributed by atoms with Gasteiger partial charge in [-0.25, -0.2) is 9.18 Å². The number of allylic oxidation sites excluding steroid dienone is 1. The van der Waals surface area contributed by atoms with Crippen LogP contribution in [0.2, 0.25) is 0 Å². The maximum atomic E-state index is 13.3. The molecule has 0 spiro atoms. The SMILES string of the molecule is COCCN1C(=O)NC(c2ccc(OC)cc2)C(c2nc(-c3ccc(F)cc3)no2)=C1C. The number of amides is 2. The number of carbonyl (C=O) groups excluding carboxylic acids is 1. The van der Waals surface area contributed by atoms with Crippen molar-refractivity contribution in [3.8, 4) is 17.1 Å². The number of ether oxygens (including phenoxy) is 2. The maximum absolute atomic E-state index is 13.3. The lowest BCUT2D eigenvalue weighted by atomic mass is 9.94. The minimum atomic E-state index is -0.506. The van der Waals surface area contributed by atoms with Crippen molar-refractivity contribution in [3.63, 3.8) is 0 Å². The molecule has 0 bridgehead atoms. The first-order valence-electron chi connectivity index (χ1n) is 10.0. The molecule has 4 rings (SSSR count). The van der Waals surface area contributed by atoms with Gasteiger partial charge in [-0.15, -0.1) is 0 Å². The fourth-order valence-electron chi connectivity index (χ4n) is 3.61. The first-order valence-corrected chi connectivity index (χ1v) is 10.0. The van der Waals surface area contributed by atoms with Crippen LogP contribution < -0.4 is 10.1 Å². The second-order valence-corrected chi connectivity index (χ2v) is 7.23. The van der Waals surface area contributed by atoms with Gasteiger partial charge in [-0.2, -0.15) is 4.98 Å². The van der Waals surface area contributed by atoms with Crippen LogP contribution >= 0.6 is 0 Å². The highest BCUT2D eigenvalue weighted by Gasteiger charge is 2.35. The summed E-state index contributed by atoms with van der Waals surface area (Å²) < 4.78 is 29.3. The summed E-state index contributed by atoms with van der Waals surface area (Å²) in [4.78, 5) is 19.0. The van der Waals surface area contributed by atoms with E-state index in [2.05, 4.69) is 15.5 Å². The molecule has 0 saturated carbocycles. The van der Waals surface area contributed by atoms with Crippen molar-refractivity contribution in [1.29, 1.82) is 0 Å². The largest absolute Gasteiger partial charge is 0.497 e. The van der Waals surface area contributed by atoms with Gasteiger partial charge in [0.25, 0.3) is 5.89 Å². The topological polar surface area (TPSA) is 89.7 Å². The number of aromatic nitrogens is 2. The average Bonchev–Trinajstić information content (AvgIpc) is 3.29. The van der Waals surface area contributed by atoms with Gasteiger partial charge in [0, 0.05) is 18.4 Å². The van der Waals surface area contributed by atoms with Gasteiger partial charge in [-0.05, 0) is 48.9 Å². The lowest BCUT2D eigenvalue weighted by Gasteiger charge is -2.35. The number of carbonyl (C=O) groups is 1. The summed E-state index contributed by atoms with van der Waals surface area (Å²) in [6.07, 6.45) is 0. The van der Waals surface area contributed by atoms with E-state index in [1.54, 1.807) is 31.3 Å². The molecule has 1 unspecified atom stereocenters. The maximum Gasteiger partial charge on any atom is 0.322 e. The molecule has 0 fully saturated rings. The molecule has 2 amide bonds. The molecule has 0 aliphatic carbocycles. The van der Waals surface area contributed by atoms with Gasteiger partial charge in [-0.3, -0.25) is 4.90 Å². The molecule has 166 valence electrons. The van der Waals surface area contributed by atoms with Gasteiger partial charge in [0.15, 0.2) is 0 Å². The first kappa shape index (κ1) is 21.5. The zero-order chi connectivity index (χ0) is 22.7. The van der Waals surface area contributed by atoms with E-state index in [4.69, 9.17) is 14.0 Å². The van der Waals surface area contributed by atoms with E-state index in [-0.39, 0.29) is 17.7 Å². The van der Waals surface area contributed by atoms with E-state index in [9.17, 15) is 9.18 Å². The molecule has 0 saturated heterocycles. The lowest BCUT2D eigenvalue weighted by Crippen LogP contribution is -2.47.